The van der Waals surface area contributed by atoms with Gasteiger partial charge in [-0.3, -0.25) is 9.89 Å². The highest BCUT2D eigenvalue weighted by molar-refractivity contribution is 14.0. The molecule has 0 saturated carbocycles. The largest absolute Gasteiger partial charge is 0.401 e. The minimum Gasteiger partial charge on any atom is -0.355 e. The van der Waals surface area contributed by atoms with Gasteiger partial charge in [-0.25, -0.2) is 4.98 Å². The first-order valence-electron chi connectivity index (χ1n) is 6.41. The zero-order valence-electron chi connectivity index (χ0n) is 12.7. The van der Waals surface area contributed by atoms with Crippen molar-refractivity contribution in [3.63, 3.8) is 0 Å². The molecule has 0 spiro atoms. The van der Waals surface area contributed by atoms with Gasteiger partial charge >= 0.3 is 6.18 Å². The third-order valence-corrected chi connectivity index (χ3v) is 3.45. The molecule has 0 aliphatic heterocycles. The molecule has 0 saturated heterocycles. The molecule has 128 valence electrons. The molecule has 0 unspecified atom stereocenters. The molecule has 0 radical (unpaired) electrons. The molecule has 2 N–H and O–H groups in total. The number of hydrogen-bond acceptors (Lipinski definition) is 4. The molecule has 0 aliphatic rings. The van der Waals surface area contributed by atoms with E-state index in [9.17, 15) is 13.2 Å². The van der Waals surface area contributed by atoms with Gasteiger partial charge in [0.05, 0.1) is 13.1 Å². The van der Waals surface area contributed by atoms with Crippen LogP contribution in [0.3, 0.4) is 0 Å². The normalized spacial score (nSPS) is 12.2. The second-order valence-corrected chi connectivity index (χ2v) is 5.89. The lowest BCUT2D eigenvalue weighted by atomic mass is 10.5. The van der Waals surface area contributed by atoms with Crippen molar-refractivity contribution < 1.29 is 13.2 Å². The van der Waals surface area contributed by atoms with Crippen LogP contribution in [0.15, 0.2) is 11.2 Å². The number of thiazole rings is 1. The maximum absolute atomic E-state index is 12.2. The number of aryl methyl sites for hydroxylation is 1. The molecule has 0 amide bonds. The van der Waals surface area contributed by atoms with Crippen LogP contribution < -0.4 is 10.6 Å². The fourth-order valence-electron chi connectivity index (χ4n) is 1.61. The van der Waals surface area contributed by atoms with E-state index in [-0.39, 0.29) is 30.5 Å². The SMILES string of the molecule is CN=C(NCCN(C)CC(F)(F)F)NCc1ncc(C)s1.I. The molecule has 1 rings (SSSR count). The standard InChI is InChI=1S/C12H20F3N5S.HI/c1-9-6-18-10(21-9)7-19-11(16-2)17-4-5-20(3)8-12(13,14)15;/h6H,4-5,7-8H2,1-3H3,(H2,16,17,19);1H. The minimum atomic E-state index is -4.17. The summed E-state index contributed by atoms with van der Waals surface area (Å²) in [5.41, 5.74) is 0. The summed E-state index contributed by atoms with van der Waals surface area (Å²) in [6.45, 7) is 2.25. The van der Waals surface area contributed by atoms with E-state index in [0.717, 1.165) is 9.88 Å². The lowest BCUT2D eigenvalue weighted by molar-refractivity contribution is -0.142. The van der Waals surface area contributed by atoms with Gasteiger partial charge in [0.25, 0.3) is 0 Å². The topological polar surface area (TPSA) is 52.6 Å². The van der Waals surface area contributed by atoms with Crippen LogP contribution in [0.4, 0.5) is 13.2 Å². The van der Waals surface area contributed by atoms with E-state index in [1.807, 2.05) is 6.92 Å². The summed E-state index contributed by atoms with van der Waals surface area (Å²) in [5, 5.41) is 6.97. The van der Waals surface area contributed by atoms with Crippen LogP contribution in [0.1, 0.15) is 9.88 Å². The summed E-state index contributed by atoms with van der Waals surface area (Å²) in [6, 6.07) is 0. The summed E-state index contributed by atoms with van der Waals surface area (Å²) < 4.78 is 36.5. The second kappa shape index (κ2) is 10.2. The molecule has 1 heterocycles. The van der Waals surface area contributed by atoms with Gasteiger partial charge in [0.1, 0.15) is 5.01 Å². The lowest BCUT2D eigenvalue weighted by Crippen LogP contribution is -2.42. The van der Waals surface area contributed by atoms with Crippen LogP contribution in [0.2, 0.25) is 0 Å². The van der Waals surface area contributed by atoms with E-state index < -0.39 is 12.7 Å². The molecule has 0 aromatic carbocycles. The Balaban J connectivity index is 0.00000441. The Morgan fingerprint density at radius 3 is 2.59 bits per heavy atom. The van der Waals surface area contributed by atoms with Gasteiger partial charge < -0.3 is 10.6 Å². The number of aliphatic imine (C=N–C) groups is 1. The molecular weight excluding hydrogens is 430 g/mol. The molecule has 10 heteroatoms. The number of rotatable bonds is 6. The summed E-state index contributed by atoms with van der Waals surface area (Å²) in [5.74, 6) is 0.545. The first-order chi connectivity index (χ1) is 9.80. The molecule has 0 atom stereocenters. The second-order valence-electron chi connectivity index (χ2n) is 4.57. The van der Waals surface area contributed by atoms with Crippen molar-refractivity contribution in [2.24, 2.45) is 4.99 Å². The van der Waals surface area contributed by atoms with Gasteiger partial charge in [-0.15, -0.1) is 35.3 Å². The van der Waals surface area contributed by atoms with E-state index in [0.29, 0.717) is 19.0 Å². The van der Waals surface area contributed by atoms with Crippen molar-refractivity contribution in [2.45, 2.75) is 19.6 Å². The van der Waals surface area contributed by atoms with Gasteiger partial charge in [0, 0.05) is 31.2 Å². The Labute approximate surface area is 149 Å². The number of likely N-dealkylation sites (N-methyl/N-ethyl adjacent to an activating group) is 1. The Morgan fingerprint density at radius 1 is 1.41 bits per heavy atom. The Bertz CT molecular complexity index is 464. The third-order valence-electron chi connectivity index (χ3n) is 2.53. The summed E-state index contributed by atoms with van der Waals surface area (Å²) >= 11 is 1.59. The molecule has 0 bridgehead atoms. The average molecular weight is 451 g/mol. The van der Waals surface area contributed by atoms with E-state index in [1.54, 1.807) is 24.6 Å². The smallest absolute Gasteiger partial charge is 0.355 e. The van der Waals surface area contributed by atoms with Crippen LogP contribution in [0.5, 0.6) is 0 Å². The van der Waals surface area contributed by atoms with E-state index in [1.165, 1.54) is 11.9 Å². The first kappa shape index (κ1) is 21.4. The Hall–Kier alpha value is -0.620. The maximum atomic E-state index is 12.2. The van der Waals surface area contributed by atoms with Crippen molar-refractivity contribution in [3.8, 4) is 0 Å². The van der Waals surface area contributed by atoms with Crippen LogP contribution in [-0.2, 0) is 6.54 Å². The molecule has 0 aliphatic carbocycles. The highest BCUT2D eigenvalue weighted by Gasteiger charge is 2.28. The number of guanidine groups is 1. The summed E-state index contributed by atoms with van der Waals surface area (Å²) in [7, 11) is 3.05. The molecule has 1 aromatic heterocycles. The fraction of sp³-hybridized carbons (Fsp3) is 0.667. The monoisotopic (exact) mass is 451 g/mol. The predicted octanol–water partition coefficient (Wildman–Crippen LogP) is 2.23. The van der Waals surface area contributed by atoms with Crippen molar-refractivity contribution in [1.29, 1.82) is 0 Å². The maximum Gasteiger partial charge on any atom is 0.401 e. The number of aromatic nitrogens is 1. The van der Waals surface area contributed by atoms with E-state index in [2.05, 4.69) is 20.6 Å². The highest BCUT2D eigenvalue weighted by Crippen LogP contribution is 2.15. The first-order valence-corrected chi connectivity index (χ1v) is 7.23. The van der Waals surface area contributed by atoms with Crippen LogP contribution >= 0.6 is 35.3 Å². The average Bonchev–Trinajstić information content (AvgIpc) is 2.77. The zero-order chi connectivity index (χ0) is 15.9. The number of nitrogens with zero attached hydrogens (tertiary/aromatic N) is 3. The van der Waals surface area contributed by atoms with Gasteiger partial charge in [0.15, 0.2) is 5.96 Å². The summed E-state index contributed by atoms with van der Waals surface area (Å²) in [6.07, 6.45) is -2.37. The van der Waals surface area contributed by atoms with E-state index >= 15 is 0 Å². The van der Waals surface area contributed by atoms with E-state index in [4.69, 9.17) is 0 Å². The number of hydrogen-bond donors (Lipinski definition) is 2. The molecule has 1 aromatic rings. The molecule has 5 nitrogen and oxygen atoms in total. The van der Waals surface area contributed by atoms with Gasteiger partial charge in [-0.2, -0.15) is 13.2 Å². The lowest BCUT2D eigenvalue weighted by Gasteiger charge is -2.19. The Morgan fingerprint density at radius 2 is 2.09 bits per heavy atom. The highest BCUT2D eigenvalue weighted by atomic mass is 127. The van der Waals surface area contributed by atoms with Crippen LogP contribution in [-0.4, -0.2) is 55.7 Å². The molecule has 22 heavy (non-hydrogen) atoms. The van der Waals surface area contributed by atoms with Gasteiger partial charge in [-0.1, -0.05) is 0 Å². The number of alkyl halides is 3. The quantitative estimate of drug-likeness (QED) is 0.396. The number of halogens is 4. The van der Waals surface area contributed by atoms with Gasteiger partial charge in [0.2, 0.25) is 0 Å². The van der Waals surface area contributed by atoms with Gasteiger partial charge in [-0.05, 0) is 14.0 Å². The molecule has 0 fully saturated rings. The van der Waals surface area contributed by atoms with Crippen molar-refractivity contribution in [1.82, 2.24) is 20.5 Å². The fourth-order valence-corrected chi connectivity index (χ4v) is 2.34. The van der Waals surface area contributed by atoms with Crippen molar-refractivity contribution in [3.05, 3.63) is 16.1 Å². The third kappa shape index (κ3) is 9.41. The Kier molecular flexibility index (Phi) is 9.92. The molecular formula is C12H21F3IN5S. The predicted molar refractivity (Wildman–Crippen MR) is 94.0 cm³/mol. The minimum absolute atomic E-state index is 0. The van der Waals surface area contributed by atoms with Crippen LogP contribution in [0, 0.1) is 6.92 Å². The zero-order valence-corrected chi connectivity index (χ0v) is 15.8. The number of nitrogens with one attached hydrogen (secondary N) is 2. The van der Waals surface area contributed by atoms with Crippen molar-refractivity contribution >= 4 is 41.3 Å². The summed E-state index contributed by atoms with van der Waals surface area (Å²) in [4.78, 5) is 10.6. The van der Waals surface area contributed by atoms with Crippen LogP contribution in [0.25, 0.3) is 0 Å². The van der Waals surface area contributed by atoms with Crippen molar-refractivity contribution in [2.75, 3.05) is 33.7 Å².